The monoisotopic (exact) mass is 452 g/mol. The third-order valence-electron chi connectivity index (χ3n) is 5.54. The molecule has 1 rings (SSSR count). The van der Waals surface area contributed by atoms with Gasteiger partial charge in [0.05, 0.1) is 32.0 Å². The molecule has 3 atom stereocenters. The minimum atomic E-state index is -0.808. The molecule has 7 nitrogen and oxygen atoms in total. The number of methoxy groups -OCH3 is 1. The number of hydrogen-bond acceptors (Lipinski definition) is 6. The second-order valence-corrected chi connectivity index (χ2v) is 8.77. The second kappa shape index (κ2) is 16.0. The summed E-state index contributed by atoms with van der Waals surface area (Å²) in [5.74, 6) is 0.663. The van der Waals surface area contributed by atoms with Gasteiger partial charge in [0.25, 0.3) is 0 Å². The molecule has 1 aromatic rings. The normalized spacial score (nSPS) is 14.2. The number of ether oxygens (including phenoxy) is 3. The Morgan fingerprint density at radius 1 is 1.22 bits per heavy atom. The highest BCUT2D eigenvalue weighted by Crippen LogP contribution is 2.21. The van der Waals surface area contributed by atoms with Crippen molar-refractivity contribution in [2.45, 2.75) is 72.1 Å². The van der Waals surface area contributed by atoms with Crippen molar-refractivity contribution >= 4 is 5.91 Å². The smallest absolute Gasteiger partial charge is 0.223 e. The van der Waals surface area contributed by atoms with Crippen LogP contribution in [0.5, 0.6) is 5.75 Å². The van der Waals surface area contributed by atoms with Crippen LogP contribution in [0.4, 0.5) is 0 Å². The fourth-order valence-electron chi connectivity index (χ4n) is 3.34. The molecular weight excluding hydrogens is 408 g/mol. The first-order valence-corrected chi connectivity index (χ1v) is 11.8. The molecule has 4 N–H and O–H groups in total. The van der Waals surface area contributed by atoms with Crippen LogP contribution in [-0.4, -0.2) is 56.6 Å². The molecule has 32 heavy (non-hydrogen) atoms. The lowest BCUT2D eigenvalue weighted by atomic mass is 9.87. The van der Waals surface area contributed by atoms with Gasteiger partial charge in [-0.25, -0.2) is 0 Å². The van der Waals surface area contributed by atoms with Gasteiger partial charge in [0.15, 0.2) is 0 Å². The van der Waals surface area contributed by atoms with Gasteiger partial charge in [0.1, 0.15) is 5.75 Å². The van der Waals surface area contributed by atoms with E-state index < -0.39 is 12.1 Å². The molecule has 1 amide bonds. The third kappa shape index (κ3) is 10.8. The summed E-state index contributed by atoms with van der Waals surface area (Å²) in [7, 11) is 1.68. The van der Waals surface area contributed by atoms with Crippen molar-refractivity contribution < 1.29 is 24.1 Å². The summed E-state index contributed by atoms with van der Waals surface area (Å²) in [6, 6.07) is 5.41. The standard InChI is InChI=1S/C25H44N2O5/c1-6-7-11-27-25(29)21(18(2)3)15-23(28)22(26)17-31-16-20-10-9-19(4)24(14-20)32-13-8-12-30-5/h9-10,14,18,21-23,28H,6-8,11-13,15-17,26H2,1-5H3,(H,27,29)/t21-,22-,23-/m0/s1. The number of aryl methyl sites for hydroxylation is 1. The second-order valence-electron chi connectivity index (χ2n) is 8.77. The summed E-state index contributed by atoms with van der Waals surface area (Å²) in [4.78, 5) is 12.5. The molecule has 0 spiro atoms. The fraction of sp³-hybridized carbons (Fsp3) is 0.720. The highest BCUT2D eigenvalue weighted by atomic mass is 16.5. The Hall–Kier alpha value is -1.67. The molecule has 0 saturated carbocycles. The minimum Gasteiger partial charge on any atom is -0.493 e. The average molecular weight is 453 g/mol. The van der Waals surface area contributed by atoms with Crippen LogP contribution in [0.1, 0.15) is 57.6 Å². The van der Waals surface area contributed by atoms with Crippen molar-refractivity contribution in [3.63, 3.8) is 0 Å². The Morgan fingerprint density at radius 2 is 1.97 bits per heavy atom. The Kier molecular flexibility index (Phi) is 14.2. The van der Waals surface area contributed by atoms with E-state index in [9.17, 15) is 9.90 Å². The largest absolute Gasteiger partial charge is 0.493 e. The van der Waals surface area contributed by atoms with E-state index in [0.29, 0.717) is 32.8 Å². The van der Waals surface area contributed by atoms with Gasteiger partial charge in [0, 0.05) is 32.6 Å². The Labute approximate surface area is 194 Å². The van der Waals surface area contributed by atoms with E-state index in [1.165, 1.54) is 0 Å². The maximum atomic E-state index is 12.5. The highest BCUT2D eigenvalue weighted by molar-refractivity contribution is 5.78. The van der Waals surface area contributed by atoms with Crippen molar-refractivity contribution in [3.05, 3.63) is 29.3 Å². The summed E-state index contributed by atoms with van der Waals surface area (Å²) in [5, 5.41) is 13.5. The Bertz CT molecular complexity index is 653. The molecule has 0 radical (unpaired) electrons. The number of nitrogens with one attached hydrogen (secondary N) is 1. The predicted molar refractivity (Wildman–Crippen MR) is 128 cm³/mol. The van der Waals surface area contributed by atoms with E-state index in [-0.39, 0.29) is 24.3 Å². The molecule has 0 unspecified atom stereocenters. The minimum absolute atomic E-state index is 0.0155. The molecule has 0 aliphatic carbocycles. The number of nitrogens with two attached hydrogens (primary N) is 1. The predicted octanol–water partition coefficient (Wildman–Crippen LogP) is 3.19. The number of benzene rings is 1. The van der Waals surface area contributed by atoms with Gasteiger partial charge in [-0.05, 0) is 42.9 Å². The molecule has 0 aliphatic heterocycles. The van der Waals surface area contributed by atoms with Crippen molar-refractivity contribution in [1.82, 2.24) is 5.32 Å². The quantitative estimate of drug-likeness (QED) is 0.314. The maximum absolute atomic E-state index is 12.5. The first-order valence-electron chi connectivity index (χ1n) is 11.8. The van der Waals surface area contributed by atoms with Gasteiger partial charge in [-0.2, -0.15) is 0 Å². The lowest BCUT2D eigenvalue weighted by molar-refractivity contribution is -0.127. The van der Waals surface area contributed by atoms with Crippen molar-refractivity contribution in [3.8, 4) is 5.75 Å². The summed E-state index contributed by atoms with van der Waals surface area (Å²) in [6.45, 7) is 10.6. The van der Waals surface area contributed by atoms with Crippen LogP contribution >= 0.6 is 0 Å². The van der Waals surface area contributed by atoms with Crippen LogP contribution in [0.2, 0.25) is 0 Å². The molecule has 184 valence electrons. The summed E-state index contributed by atoms with van der Waals surface area (Å²) in [5.41, 5.74) is 8.20. The number of aliphatic hydroxyl groups excluding tert-OH is 1. The van der Waals surface area contributed by atoms with E-state index in [1.807, 2.05) is 39.0 Å². The van der Waals surface area contributed by atoms with E-state index in [1.54, 1.807) is 7.11 Å². The first kappa shape index (κ1) is 28.4. The SMILES string of the molecule is CCCCNC(=O)[C@@H](C[C@H](O)[C@@H](N)COCc1ccc(C)c(OCCCOC)c1)C(C)C. The van der Waals surface area contributed by atoms with Crippen molar-refractivity contribution in [2.75, 3.05) is 33.5 Å². The molecule has 7 heteroatoms. The van der Waals surface area contributed by atoms with Crippen LogP contribution in [0.15, 0.2) is 18.2 Å². The third-order valence-corrected chi connectivity index (χ3v) is 5.54. The van der Waals surface area contributed by atoms with Gasteiger partial charge < -0.3 is 30.4 Å². The van der Waals surface area contributed by atoms with Crippen LogP contribution in [-0.2, 0) is 20.9 Å². The number of hydrogen-bond donors (Lipinski definition) is 3. The zero-order valence-corrected chi connectivity index (χ0v) is 20.6. The van der Waals surface area contributed by atoms with Gasteiger partial charge in [0.2, 0.25) is 5.91 Å². The zero-order chi connectivity index (χ0) is 23.9. The lowest BCUT2D eigenvalue weighted by Crippen LogP contribution is -2.43. The zero-order valence-electron chi connectivity index (χ0n) is 20.6. The van der Waals surface area contributed by atoms with Gasteiger partial charge >= 0.3 is 0 Å². The van der Waals surface area contributed by atoms with E-state index >= 15 is 0 Å². The van der Waals surface area contributed by atoms with E-state index in [2.05, 4.69) is 12.2 Å². The maximum Gasteiger partial charge on any atom is 0.223 e. The number of unbranched alkanes of at least 4 members (excludes halogenated alkanes) is 1. The average Bonchev–Trinajstić information content (AvgIpc) is 2.76. The lowest BCUT2D eigenvalue weighted by Gasteiger charge is -2.26. The molecule has 1 aromatic carbocycles. The van der Waals surface area contributed by atoms with Crippen LogP contribution in [0.25, 0.3) is 0 Å². The van der Waals surface area contributed by atoms with Crippen molar-refractivity contribution in [2.24, 2.45) is 17.6 Å². The van der Waals surface area contributed by atoms with Gasteiger partial charge in [-0.15, -0.1) is 0 Å². The number of carbonyl (C=O) groups excluding carboxylic acids is 1. The van der Waals surface area contributed by atoms with Crippen molar-refractivity contribution in [1.29, 1.82) is 0 Å². The van der Waals surface area contributed by atoms with E-state index in [4.69, 9.17) is 19.9 Å². The molecule has 0 fully saturated rings. The van der Waals surface area contributed by atoms with Crippen LogP contribution < -0.4 is 15.8 Å². The number of aliphatic hydroxyl groups is 1. The van der Waals surface area contributed by atoms with E-state index in [0.717, 1.165) is 36.1 Å². The highest BCUT2D eigenvalue weighted by Gasteiger charge is 2.27. The molecule has 0 heterocycles. The summed E-state index contributed by atoms with van der Waals surface area (Å²) < 4.78 is 16.6. The number of rotatable bonds is 17. The van der Waals surface area contributed by atoms with Crippen LogP contribution in [0.3, 0.4) is 0 Å². The molecule has 0 bridgehead atoms. The summed E-state index contributed by atoms with van der Waals surface area (Å²) in [6.07, 6.45) is 2.32. The Morgan fingerprint density at radius 3 is 2.62 bits per heavy atom. The molecular formula is C25H44N2O5. The Balaban J connectivity index is 2.50. The fourth-order valence-corrected chi connectivity index (χ4v) is 3.34. The van der Waals surface area contributed by atoms with Crippen LogP contribution in [0, 0.1) is 18.8 Å². The molecule has 0 aromatic heterocycles. The summed E-state index contributed by atoms with van der Waals surface area (Å²) >= 11 is 0. The number of carbonyl (C=O) groups is 1. The first-order chi connectivity index (χ1) is 15.3. The topological polar surface area (TPSA) is 103 Å². The molecule has 0 saturated heterocycles. The van der Waals surface area contributed by atoms with Gasteiger partial charge in [-0.1, -0.05) is 39.3 Å². The number of amides is 1. The van der Waals surface area contributed by atoms with Gasteiger partial charge in [-0.3, -0.25) is 4.79 Å². The molecule has 0 aliphatic rings.